The predicted octanol–water partition coefficient (Wildman–Crippen LogP) is 3.12. The Morgan fingerprint density at radius 2 is 1.71 bits per heavy atom. The highest BCUT2D eigenvalue weighted by Crippen LogP contribution is 2.30. The lowest BCUT2D eigenvalue weighted by Crippen LogP contribution is -2.30. The molecule has 162 valence electrons. The molecule has 0 aromatic heterocycles. The number of carbonyl (C=O) groups is 2. The Hall–Kier alpha value is -3.99. The van der Waals surface area contributed by atoms with Crippen molar-refractivity contribution < 1.29 is 28.5 Å². The molecule has 31 heavy (non-hydrogen) atoms. The first kappa shape index (κ1) is 23.3. The van der Waals surface area contributed by atoms with Crippen LogP contribution in [-0.4, -0.2) is 38.7 Å². The Morgan fingerprint density at radius 1 is 1.03 bits per heavy atom. The molecule has 0 aliphatic carbocycles. The van der Waals surface area contributed by atoms with E-state index in [9.17, 15) is 14.9 Å². The summed E-state index contributed by atoms with van der Waals surface area (Å²) >= 11 is 0. The van der Waals surface area contributed by atoms with Gasteiger partial charge in [0, 0.05) is 6.04 Å². The molecule has 0 heterocycles. The first-order valence-electron chi connectivity index (χ1n) is 9.45. The Labute approximate surface area is 181 Å². The summed E-state index contributed by atoms with van der Waals surface area (Å²) in [5, 5.41) is 11.9. The van der Waals surface area contributed by atoms with Crippen LogP contribution in [0, 0.1) is 11.3 Å². The fourth-order valence-corrected chi connectivity index (χ4v) is 2.54. The summed E-state index contributed by atoms with van der Waals surface area (Å²) in [4.78, 5) is 24.3. The number of benzene rings is 2. The van der Waals surface area contributed by atoms with Crippen LogP contribution in [0.15, 0.2) is 48.0 Å². The van der Waals surface area contributed by atoms with Crippen molar-refractivity contribution in [3.8, 4) is 29.1 Å². The van der Waals surface area contributed by atoms with Gasteiger partial charge in [-0.1, -0.05) is 18.2 Å². The smallest absolute Gasteiger partial charge is 0.349 e. The number of esters is 1. The second-order valence-electron chi connectivity index (χ2n) is 6.62. The zero-order valence-electron chi connectivity index (χ0n) is 17.8. The SMILES string of the molecule is COc1ccccc1OCC(=O)Oc1ccc(/C=C(\C#N)C(=O)NC(C)C)cc1OC. The van der Waals surface area contributed by atoms with Crippen molar-refractivity contribution in [1.29, 1.82) is 5.26 Å². The lowest BCUT2D eigenvalue weighted by Gasteiger charge is -2.12. The zero-order valence-corrected chi connectivity index (χ0v) is 17.8. The van der Waals surface area contributed by atoms with Crippen molar-refractivity contribution in [2.24, 2.45) is 0 Å². The Bertz CT molecular complexity index is 1010. The van der Waals surface area contributed by atoms with Crippen molar-refractivity contribution in [3.05, 3.63) is 53.6 Å². The summed E-state index contributed by atoms with van der Waals surface area (Å²) in [6, 6.07) is 13.4. The van der Waals surface area contributed by atoms with Crippen LogP contribution < -0.4 is 24.3 Å². The molecule has 0 saturated heterocycles. The van der Waals surface area contributed by atoms with Crippen LogP contribution in [0.25, 0.3) is 6.08 Å². The monoisotopic (exact) mass is 424 g/mol. The zero-order chi connectivity index (χ0) is 22.8. The molecule has 0 spiro atoms. The second kappa shape index (κ2) is 11.3. The molecule has 0 radical (unpaired) electrons. The minimum atomic E-state index is -0.637. The second-order valence-corrected chi connectivity index (χ2v) is 6.62. The molecule has 0 aliphatic heterocycles. The van der Waals surface area contributed by atoms with E-state index in [1.807, 2.05) is 6.07 Å². The van der Waals surface area contributed by atoms with E-state index in [1.54, 1.807) is 50.2 Å². The van der Waals surface area contributed by atoms with E-state index in [1.165, 1.54) is 26.4 Å². The van der Waals surface area contributed by atoms with Crippen LogP contribution in [0.2, 0.25) is 0 Å². The van der Waals surface area contributed by atoms with Crippen LogP contribution in [0.3, 0.4) is 0 Å². The normalized spacial score (nSPS) is 10.8. The largest absolute Gasteiger partial charge is 0.493 e. The summed E-state index contributed by atoms with van der Waals surface area (Å²) in [6.45, 7) is 3.27. The summed E-state index contributed by atoms with van der Waals surface area (Å²) < 4.78 is 21.2. The van der Waals surface area contributed by atoms with Gasteiger partial charge >= 0.3 is 5.97 Å². The number of hydrogen-bond donors (Lipinski definition) is 1. The standard InChI is InChI=1S/C23H24N2O6/c1-15(2)25-23(27)17(13-24)11-16-9-10-20(21(12-16)29-4)31-22(26)14-30-19-8-6-5-7-18(19)28-3/h5-12,15H,14H2,1-4H3,(H,25,27)/b17-11+. The van der Waals surface area contributed by atoms with E-state index in [2.05, 4.69) is 5.32 Å². The van der Waals surface area contributed by atoms with Crippen molar-refractivity contribution in [2.75, 3.05) is 20.8 Å². The van der Waals surface area contributed by atoms with Gasteiger partial charge in [-0.25, -0.2) is 4.79 Å². The third-order valence-corrected chi connectivity index (χ3v) is 3.92. The molecule has 0 bridgehead atoms. The number of nitrogens with one attached hydrogen (secondary N) is 1. The van der Waals surface area contributed by atoms with Gasteiger partial charge in [0.25, 0.3) is 5.91 Å². The molecule has 1 amide bonds. The molecule has 0 aliphatic rings. The highest BCUT2D eigenvalue weighted by Gasteiger charge is 2.14. The quantitative estimate of drug-likeness (QED) is 0.285. The average molecular weight is 424 g/mol. The van der Waals surface area contributed by atoms with Crippen LogP contribution in [-0.2, 0) is 9.59 Å². The summed E-state index contributed by atoms with van der Waals surface area (Å²) in [7, 11) is 2.92. The van der Waals surface area contributed by atoms with Gasteiger partial charge in [-0.15, -0.1) is 0 Å². The molecule has 8 heteroatoms. The molecule has 8 nitrogen and oxygen atoms in total. The highest BCUT2D eigenvalue weighted by molar-refractivity contribution is 6.01. The number of amides is 1. The maximum absolute atomic E-state index is 12.2. The van der Waals surface area contributed by atoms with Gasteiger partial charge in [-0.2, -0.15) is 5.26 Å². The van der Waals surface area contributed by atoms with Crippen LogP contribution >= 0.6 is 0 Å². The van der Waals surface area contributed by atoms with Crippen molar-refractivity contribution >= 4 is 18.0 Å². The number of ether oxygens (including phenoxy) is 4. The van der Waals surface area contributed by atoms with Crippen LogP contribution in [0.1, 0.15) is 19.4 Å². The average Bonchev–Trinajstić information content (AvgIpc) is 2.76. The third-order valence-electron chi connectivity index (χ3n) is 3.92. The summed E-state index contributed by atoms with van der Waals surface area (Å²) in [6.07, 6.45) is 1.43. The van der Waals surface area contributed by atoms with E-state index < -0.39 is 11.9 Å². The molecule has 0 saturated carbocycles. The molecule has 2 aromatic carbocycles. The van der Waals surface area contributed by atoms with Crippen molar-refractivity contribution in [3.63, 3.8) is 0 Å². The van der Waals surface area contributed by atoms with Gasteiger partial charge in [-0.05, 0) is 49.8 Å². The molecule has 1 N–H and O–H groups in total. The highest BCUT2D eigenvalue weighted by atomic mass is 16.6. The topological polar surface area (TPSA) is 107 Å². The van der Waals surface area contributed by atoms with E-state index in [-0.39, 0.29) is 29.7 Å². The molecule has 0 unspecified atom stereocenters. The number of carbonyl (C=O) groups excluding carboxylic acids is 2. The maximum atomic E-state index is 12.2. The minimum Gasteiger partial charge on any atom is -0.493 e. The summed E-state index contributed by atoms with van der Waals surface area (Å²) in [5.41, 5.74) is 0.489. The van der Waals surface area contributed by atoms with Crippen LogP contribution in [0.5, 0.6) is 23.0 Å². The molecular formula is C23H24N2O6. The van der Waals surface area contributed by atoms with E-state index in [0.717, 1.165) is 0 Å². The third kappa shape index (κ3) is 6.78. The number of nitriles is 1. The number of hydrogen-bond acceptors (Lipinski definition) is 7. The predicted molar refractivity (Wildman–Crippen MR) is 114 cm³/mol. The lowest BCUT2D eigenvalue weighted by molar-refractivity contribution is -0.136. The fourth-order valence-electron chi connectivity index (χ4n) is 2.54. The van der Waals surface area contributed by atoms with Crippen molar-refractivity contribution in [1.82, 2.24) is 5.32 Å². The van der Waals surface area contributed by atoms with E-state index >= 15 is 0 Å². The number of para-hydroxylation sites is 2. The molecule has 2 rings (SSSR count). The molecule has 0 atom stereocenters. The van der Waals surface area contributed by atoms with Gasteiger partial charge in [0.2, 0.25) is 0 Å². The van der Waals surface area contributed by atoms with Gasteiger partial charge in [0.15, 0.2) is 29.6 Å². The van der Waals surface area contributed by atoms with Crippen molar-refractivity contribution in [2.45, 2.75) is 19.9 Å². The summed E-state index contributed by atoms with van der Waals surface area (Å²) in [5.74, 6) is 0.248. The van der Waals surface area contributed by atoms with Gasteiger partial charge < -0.3 is 24.3 Å². The molecule has 2 aromatic rings. The number of nitrogens with zero attached hydrogens (tertiary/aromatic N) is 1. The first-order valence-corrected chi connectivity index (χ1v) is 9.45. The maximum Gasteiger partial charge on any atom is 0.349 e. The Kier molecular flexibility index (Phi) is 8.46. The Morgan fingerprint density at radius 3 is 2.32 bits per heavy atom. The fraction of sp³-hybridized carbons (Fsp3) is 0.261. The molecular weight excluding hydrogens is 400 g/mol. The number of methoxy groups -OCH3 is 2. The Balaban J connectivity index is 2.10. The van der Waals surface area contributed by atoms with Crippen LogP contribution in [0.4, 0.5) is 0 Å². The van der Waals surface area contributed by atoms with E-state index in [0.29, 0.717) is 17.1 Å². The first-order chi connectivity index (χ1) is 14.9. The molecule has 0 fully saturated rings. The van der Waals surface area contributed by atoms with Gasteiger partial charge in [0.05, 0.1) is 14.2 Å². The van der Waals surface area contributed by atoms with Gasteiger partial charge in [-0.3, -0.25) is 4.79 Å². The lowest BCUT2D eigenvalue weighted by atomic mass is 10.1. The minimum absolute atomic E-state index is 0.0503. The van der Waals surface area contributed by atoms with Gasteiger partial charge in [0.1, 0.15) is 11.6 Å². The van der Waals surface area contributed by atoms with E-state index in [4.69, 9.17) is 18.9 Å². The number of rotatable bonds is 9.